The first-order valence-electron chi connectivity index (χ1n) is 7.42. The number of nitrogens with zero attached hydrogens (tertiary/aromatic N) is 1. The van der Waals surface area contributed by atoms with Crippen molar-refractivity contribution in [2.24, 2.45) is 11.7 Å². The molecule has 0 saturated carbocycles. The van der Waals surface area contributed by atoms with Gasteiger partial charge in [0.1, 0.15) is 12.1 Å². The molecule has 0 bridgehead atoms. The average Bonchev–Trinajstić information content (AvgIpc) is 2.91. The monoisotopic (exact) mass is 312 g/mol. The Balaban J connectivity index is 2.67. The molecule has 0 radical (unpaired) electrons. The summed E-state index contributed by atoms with van der Waals surface area (Å²) in [5, 5.41) is 5.07. The molecule has 22 heavy (non-hydrogen) atoms. The van der Waals surface area contributed by atoms with Gasteiger partial charge in [-0.25, -0.2) is 0 Å². The van der Waals surface area contributed by atoms with E-state index >= 15 is 0 Å². The third-order valence-corrected chi connectivity index (χ3v) is 3.51. The summed E-state index contributed by atoms with van der Waals surface area (Å²) < 4.78 is 0. The van der Waals surface area contributed by atoms with Crippen molar-refractivity contribution >= 4 is 24.1 Å². The van der Waals surface area contributed by atoms with Gasteiger partial charge in [-0.2, -0.15) is 0 Å². The highest BCUT2D eigenvalue weighted by molar-refractivity contribution is 5.92. The minimum Gasteiger partial charge on any atom is -0.368 e. The predicted molar refractivity (Wildman–Crippen MR) is 79.4 cm³/mol. The SMILES string of the molecule is CC(C)C[C@H](NC(=O)[C@@H]1CCCN1C=O)C(=O)NCC(N)=O. The van der Waals surface area contributed by atoms with Crippen LogP contribution in [0, 0.1) is 5.92 Å². The Morgan fingerprint density at radius 3 is 2.59 bits per heavy atom. The maximum atomic E-state index is 12.3. The highest BCUT2D eigenvalue weighted by Crippen LogP contribution is 2.16. The number of carbonyl (C=O) groups excluding carboxylic acids is 4. The molecule has 0 aliphatic carbocycles. The van der Waals surface area contributed by atoms with E-state index in [1.807, 2.05) is 13.8 Å². The number of primary amides is 1. The highest BCUT2D eigenvalue weighted by atomic mass is 16.2. The van der Waals surface area contributed by atoms with Crippen LogP contribution < -0.4 is 16.4 Å². The van der Waals surface area contributed by atoms with E-state index in [1.54, 1.807) is 0 Å². The largest absolute Gasteiger partial charge is 0.368 e. The molecule has 1 aliphatic heterocycles. The first-order valence-corrected chi connectivity index (χ1v) is 7.42. The molecule has 1 heterocycles. The smallest absolute Gasteiger partial charge is 0.243 e. The van der Waals surface area contributed by atoms with Crippen LogP contribution in [-0.2, 0) is 19.2 Å². The zero-order chi connectivity index (χ0) is 16.7. The van der Waals surface area contributed by atoms with Gasteiger partial charge < -0.3 is 21.3 Å². The van der Waals surface area contributed by atoms with Crippen molar-refractivity contribution in [1.82, 2.24) is 15.5 Å². The Labute approximate surface area is 129 Å². The van der Waals surface area contributed by atoms with Crippen LogP contribution in [0.15, 0.2) is 0 Å². The normalized spacial score (nSPS) is 18.9. The average molecular weight is 312 g/mol. The van der Waals surface area contributed by atoms with Gasteiger partial charge in [0.15, 0.2) is 0 Å². The molecule has 1 rings (SSSR count). The van der Waals surface area contributed by atoms with Gasteiger partial charge in [-0.05, 0) is 25.2 Å². The van der Waals surface area contributed by atoms with Crippen LogP contribution >= 0.6 is 0 Å². The van der Waals surface area contributed by atoms with Gasteiger partial charge in [-0.15, -0.1) is 0 Å². The molecule has 8 nitrogen and oxygen atoms in total. The number of amides is 4. The van der Waals surface area contributed by atoms with E-state index in [2.05, 4.69) is 10.6 Å². The molecule has 0 spiro atoms. The van der Waals surface area contributed by atoms with E-state index in [9.17, 15) is 19.2 Å². The summed E-state index contributed by atoms with van der Waals surface area (Å²) in [7, 11) is 0. The molecule has 1 saturated heterocycles. The van der Waals surface area contributed by atoms with Crippen molar-refractivity contribution in [2.45, 2.75) is 45.2 Å². The van der Waals surface area contributed by atoms with Crippen molar-refractivity contribution in [2.75, 3.05) is 13.1 Å². The van der Waals surface area contributed by atoms with Gasteiger partial charge >= 0.3 is 0 Å². The molecule has 1 aliphatic rings. The Morgan fingerprint density at radius 1 is 1.36 bits per heavy atom. The van der Waals surface area contributed by atoms with Crippen LogP contribution in [0.2, 0.25) is 0 Å². The van der Waals surface area contributed by atoms with Crippen molar-refractivity contribution < 1.29 is 19.2 Å². The lowest BCUT2D eigenvalue weighted by molar-refractivity contribution is -0.134. The quantitative estimate of drug-likeness (QED) is 0.484. The summed E-state index contributed by atoms with van der Waals surface area (Å²) in [5.74, 6) is -1.26. The summed E-state index contributed by atoms with van der Waals surface area (Å²) in [4.78, 5) is 47.4. The van der Waals surface area contributed by atoms with Crippen LogP contribution in [0.4, 0.5) is 0 Å². The lowest BCUT2D eigenvalue weighted by Crippen LogP contribution is -2.53. The number of likely N-dealkylation sites (tertiary alicyclic amines) is 1. The number of nitrogens with one attached hydrogen (secondary N) is 2. The Hall–Kier alpha value is -2.12. The zero-order valence-electron chi connectivity index (χ0n) is 13.0. The summed E-state index contributed by atoms with van der Waals surface area (Å²) in [6.45, 7) is 4.12. The van der Waals surface area contributed by atoms with Crippen molar-refractivity contribution in [3.8, 4) is 0 Å². The van der Waals surface area contributed by atoms with Gasteiger partial charge in [0.05, 0.1) is 6.54 Å². The van der Waals surface area contributed by atoms with Crippen molar-refractivity contribution in [1.29, 1.82) is 0 Å². The predicted octanol–water partition coefficient (Wildman–Crippen LogP) is -1.26. The molecular weight excluding hydrogens is 288 g/mol. The lowest BCUT2D eigenvalue weighted by atomic mass is 10.0. The van der Waals surface area contributed by atoms with Crippen LogP contribution in [0.25, 0.3) is 0 Å². The van der Waals surface area contributed by atoms with Gasteiger partial charge in [0.2, 0.25) is 24.1 Å². The Kier molecular flexibility index (Phi) is 6.81. The number of hydrogen-bond acceptors (Lipinski definition) is 4. The van der Waals surface area contributed by atoms with Gasteiger partial charge in [-0.1, -0.05) is 13.8 Å². The third-order valence-electron chi connectivity index (χ3n) is 3.51. The molecule has 4 N–H and O–H groups in total. The fourth-order valence-electron chi connectivity index (χ4n) is 2.47. The number of carbonyl (C=O) groups is 4. The van der Waals surface area contributed by atoms with Crippen LogP contribution in [-0.4, -0.2) is 54.2 Å². The zero-order valence-corrected chi connectivity index (χ0v) is 13.0. The van der Waals surface area contributed by atoms with E-state index in [0.29, 0.717) is 25.8 Å². The first kappa shape index (κ1) is 17.9. The van der Waals surface area contributed by atoms with E-state index in [4.69, 9.17) is 5.73 Å². The summed E-state index contributed by atoms with van der Waals surface area (Å²) in [5.41, 5.74) is 4.99. The Bertz CT molecular complexity index is 439. The van der Waals surface area contributed by atoms with E-state index in [-0.39, 0.29) is 18.4 Å². The number of rotatable bonds is 8. The van der Waals surface area contributed by atoms with Gasteiger partial charge in [-0.3, -0.25) is 19.2 Å². The molecule has 1 fully saturated rings. The van der Waals surface area contributed by atoms with E-state index in [1.165, 1.54) is 4.90 Å². The second-order valence-corrected chi connectivity index (χ2v) is 5.88. The molecule has 8 heteroatoms. The maximum absolute atomic E-state index is 12.3. The molecule has 124 valence electrons. The second-order valence-electron chi connectivity index (χ2n) is 5.88. The fourth-order valence-corrected chi connectivity index (χ4v) is 2.47. The molecule has 0 unspecified atom stereocenters. The summed E-state index contributed by atoms with van der Waals surface area (Å²) >= 11 is 0. The summed E-state index contributed by atoms with van der Waals surface area (Å²) in [6.07, 6.45) is 2.44. The van der Waals surface area contributed by atoms with Gasteiger partial charge in [0, 0.05) is 6.54 Å². The molecular formula is C14H24N4O4. The fraction of sp³-hybridized carbons (Fsp3) is 0.714. The standard InChI is InChI=1S/C14H24N4O4/c1-9(2)6-10(13(21)16-7-12(15)20)17-14(22)11-4-3-5-18(11)8-19/h8-11H,3-7H2,1-2H3,(H2,15,20)(H,16,21)(H,17,22)/t10-,11-/m0/s1. The molecule has 0 aromatic heterocycles. The van der Waals surface area contributed by atoms with E-state index in [0.717, 1.165) is 6.42 Å². The minimum atomic E-state index is -0.749. The molecule has 4 amide bonds. The highest BCUT2D eigenvalue weighted by Gasteiger charge is 2.32. The maximum Gasteiger partial charge on any atom is 0.243 e. The van der Waals surface area contributed by atoms with Crippen molar-refractivity contribution in [3.63, 3.8) is 0 Å². The van der Waals surface area contributed by atoms with Crippen LogP contribution in [0.1, 0.15) is 33.1 Å². The first-order chi connectivity index (χ1) is 10.3. The van der Waals surface area contributed by atoms with Crippen LogP contribution in [0.5, 0.6) is 0 Å². The second kappa shape index (κ2) is 8.35. The Morgan fingerprint density at radius 2 is 2.05 bits per heavy atom. The van der Waals surface area contributed by atoms with Crippen LogP contribution in [0.3, 0.4) is 0 Å². The number of nitrogens with two attached hydrogens (primary N) is 1. The number of hydrogen-bond donors (Lipinski definition) is 3. The van der Waals surface area contributed by atoms with Crippen molar-refractivity contribution in [3.05, 3.63) is 0 Å². The minimum absolute atomic E-state index is 0.176. The lowest BCUT2D eigenvalue weighted by Gasteiger charge is -2.24. The molecule has 0 aromatic rings. The third kappa shape index (κ3) is 5.34. The summed E-state index contributed by atoms with van der Waals surface area (Å²) in [6, 6.07) is -1.28. The topological polar surface area (TPSA) is 122 Å². The molecule has 2 atom stereocenters. The molecule has 0 aromatic carbocycles. The van der Waals surface area contributed by atoms with Gasteiger partial charge in [0.25, 0.3) is 0 Å². The van der Waals surface area contributed by atoms with E-state index < -0.39 is 23.9 Å².